The predicted molar refractivity (Wildman–Crippen MR) is 157 cm³/mol. The van der Waals surface area contributed by atoms with Gasteiger partial charge in [0.05, 0.1) is 17.1 Å². The minimum absolute atomic E-state index is 0.0494. The van der Waals surface area contributed by atoms with Crippen molar-refractivity contribution in [3.63, 3.8) is 0 Å². The molecule has 0 aliphatic heterocycles. The van der Waals surface area contributed by atoms with E-state index in [9.17, 15) is 9.18 Å². The van der Waals surface area contributed by atoms with Crippen molar-refractivity contribution in [2.24, 2.45) is 0 Å². The predicted octanol–water partition coefficient (Wildman–Crippen LogP) is 7.53. The third kappa shape index (κ3) is 6.10. The number of nitrogens with zero attached hydrogens (tertiary/aromatic N) is 4. The Morgan fingerprint density at radius 3 is 2.36 bits per heavy atom. The molecule has 0 unspecified atom stereocenters. The number of carbonyl (C=O) groups excluding carboxylic acids is 1. The van der Waals surface area contributed by atoms with Crippen molar-refractivity contribution in [1.29, 1.82) is 0 Å². The Balaban J connectivity index is 1.36. The number of thiazole rings is 1. The summed E-state index contributed by atoms with van der Waals surface area (Å²) >= 11 is 2.64. The summed E-state index contributed by atoms with van der Waals surface area (Å²) in [5.74, 6) is 0.355. The van der Waals surface area contributed by atoms with E-state index in [0.29, 0.717) is 16.0 Å². The fourth-order valence-corrected chi connectivity index (χ4v) is 5.55. The molecule has 1 N–H and O–H groups in total. The molecule has 2 heterocycles. The lowest BCUT2D eigenvalue weighted by Gasteiger charge is -2.19. The highest BCUT2D eigenvalue weighted by Crippen LogP contribution is 2.31. The van der Waals surface area contributed by atoms with Crippen molar-refractivity contribution in [3.8, 4) is 28.3 Å². The van der Waals surface area contributed by atoms with Gasteiger partial charge in [-0.05, 0) is 53.8 Å². The number of carbonyl (C=O) groups is 1. The maximum absolute atomic E-state index is 13.2. The van der Waals surface area contributed by atoms with E-state index in [-0.39, 0.29) is 22.9 Å². The molecule has 39 heavy (non-hydrogen) atoms. The Bertz CT molecular complexity index is 1600. The van der Waals surface area contributed by atoms with E-state index >= 15 is 0 Å². The molecule has 5 aromatic rings. The van der Waals surface area contributed by atoms with E-state index in [0.717, 1.165) is 28.2 Å². The first-order chi connectivity index (χ1) is 18.7. The summed E-state index contributed by atoms with van der Waals surface area (Å²) in [4.78, 5) is 17.3. The Morgan fingerprint density at radius 1 is 0.974 bits per heavy atom. The number of hydrogen-bond donors (Lipinski definition) is 1. The molecule has 198 valence electrons. The van der Waals surface area contributed by atoms with Gasteiger partial charge in [0.25, 0.3) is 0 Å². The average molecular weight is 558 g/mol. The quantitative estimate of drug-likeness (QED) is 0.209. The number of anilines is 1. The number of rotatable bonds is 7. The van der Waals surface area contributed by atoms with Crippen LogP contribution in [0.1, 0.15) is 31.9 Å². The van der Waals surface area contributed by atoms with Gasteiger partial charge >= 0.3 is 0 Å². The highest BCUT2D eigenvalue weighted by Gasteiger charge is 2.20. The van der Waals surface area contributed by atoms with Crippen LogP contribution in [0.2, 0.25) is 0 Å². The van der Waals surface area contributed by atoms with Gasteiger partial charge in [0, 0.05) is 16.5 Å². The van der Waals surface area contributed by atoms with Crippen LogP contribution in [0, 0.1) is 12.7 Å². The maximum Gasteiger partial charge on any atom is 0.236 e. The van der Waals surface area contributed by atoms with Gasteiger partial charge in [-0.2, -0.15) is 0 Å². The molecule has 0 atom stereocenters. The summed E-state index contributed by atoms with van der Waals surface area (Å²) in [6.07, 6.45) is 0. The minimum Gasteiger partial charge on any atom is -0.301 e. The van der Waals surface area contributed by atoms with Gasteiger partial charge in [0.15, 0.2) is 16.1 Å². The monoisotopic (exact) mass is 557 g/mol. The van der Waals surface area contributed by atoms with Crippen molar-refractivity contribution in [2.45, 2.75) is 38.3 Å². The Labute approximate surface area is 235 Å². The molecule has 0 saturated heterocycles. The summed E-state index contributed by atoms with van der Waals surface area (Å²) in [6.45, 7) is 8.61. The number of nitrogens with one attached hydrogen (secondary N) is 1. The number of hydrogen-bond acceptors (Lipinski definition) is 6. The molecule has 0 fully saturated rings. The zero-order chi connectivity index (χ0) is 27.6. The molecule has 0 aliphatic rings. The number of halogens is 1. The average Bonchev–Trinajstić information content (AvgIpc) is 3.55. The number of benzene rings is 3. The van der Waals surface area contributed by atoms with Crippen LogP contribution >= 0.6 is 23.1 Å². The number of aryl methyl sites for hydroxylation is 1. The standard InChI is InChI=1S/C30H28FN5OS2/c1-19-7-5-6-8-25(19)36-27(21-9-13-22(14-10-21)30(2,3)4)34-35-29(36)39-18-26(37)33-28-32-24(17-38-28)20-11-15-23(31)16-12-20/h5-17H,18H2,1-4H3,(H,32,33,37). The SMILES string of the molecule is Cc1ccccc1-n1c(SCC(=O)Nc2nc(-c3ccc(F)cc3)cs2)nnc1-c1ccc(C(C)(C)C)cc1. The van der Waals surface area contributed by atoms with Gasteiger partial charge in [0.2, 0.25) is 5.91 Å². The molecule has 1 amide bonds. The maximum atomic E-state index is 13.2. The first-order valence-corrected chi connectivity index (χ1v) is 14.3. The first kappa shape index (κ1) is 26.8. The molecule has 0 bridgehead atoms. The fourth-order valence-electron chi connectivity index (χ4n) is 4.07. The molecule has 0 saturated carbocycles. The van der Waals surface area contributed by atoms with Gasteiger partial charge < -0.3 is 5.32 Å². The van der Waals surface area contributed by atoms with E-state index in [2.05, 4.69) is 65.5 Å². The van der Waals surface area contributed by atoms with Crippen LogP contribution in [0.25, 0.3) is 28.3 Å². The summed E-state index contributed by atoms with van der Waals surface area (Å²) in [7, 11) is 0. The second kappa shape index (κ2) is 11.1. The van der Waals surface area contributed by atoms with E-state index in [1.807, 2.05) is 41.1 Å². The van der Waals surface area contributed by atoms with Crippen LogP contribution in [0.4, 0.5) is 9.52 Å². The van der Waals surface area contributed by atoms with Crippen LogP contribution in [0.15, 0.2) is 83.3 Å². The second-order valence-electron chi connectivity index (χ2n) is 10.1. The normalized spacial score (nSPS) is 11.5. The topological polar surface area (TPSA) is 72.7 Å². The van der Waals surface area contributed by atoms with Gasteiger partial charge in [-0.1, -0.05) is 75.0 Å². The molecule has 9 heteroatoms. The molecule has 2 aromatic heterocycles. The summed E-state index contributed by atoms with van der Waals surface area (Å²) in [5, 5.41) is 14.8. The molecule has 0 aliphatic carbocycles. The fraction of sp³-hybridized carbons (Fsp3) is 0.200. The number of thioether (sulfide) groups is 1. The molecule has 3 aromatic carbocycles. The van der Waals surface area contributed by atoms with Crippen LogP contribution in [0.5, 0.6) is 0 Å². The van der Waals surface area contributed by atoms with Crippen LogP contribution in [0.3, 0.4) is 0 Å². The smallest absolute Gasteiger partial charge is 0.236 e. The van der Waals surface area contributed by atoms with Crippen molar-refractivity contribution < 1.29 is 9.18 Å². The third-order valence-electron chi connectivity index (χ3n) is 6.22. The summed E-state index contributed by atoms with van der Waals surface area (Å²) in [6, 6.07) is 22.6. The number of para-hydroxylation sites is 1. The zero-order valence-electron chi connectivity index (χ0n) is 22.1. The van der Waals surface area contributed by atoms with Crippen molar-refractivity contribution in [3.05, 3.63) is 95.1 Å². The molecular weight excluding hydrogens is 529 g/mol. The number of aromatic nitrogens is 4. The van der Waals surface area contributed by atoms with E-state index in [1.165, 1.54) is 40.8 Å². The largest absolute Gasteiger partial charge is 0.301 e. The Hall–Kier alpha value is -3.82. The zero-order valence-corrected chi connectivity index (χ0v) is 23.7. The molecule has 0 radical (unpaired) electrons. The first-order valence-electron chi connectivity index (χ1n) is 12.5. The van der Waals surface area contributed by atoms with Crippen LogP contribution < -0.4 is 5.32 Å². The van der Waals surface area contributed by atoms with Crippen molar-refractivity contribution >= 4 is 34.1 Å². The highest BCUT2D eigenvalue weighted by molar-refractivity contribution is 7.99. The van der Waals surface area contributed by atoms with E-state index in [1.54, 1.807) is 12.1 Å². The van der Waals surface area contributed by atoms with E-state index < -0.39 is 0 Å². The summed E-state index contributed by atoms with van der Waals surface area (Å²) in [5.41, 5.74) is 5.75. The molecule has 0 spiro atoms. The van der Waals surface area contributed by atoms with Gasteiger partial charge in [-0.3, -0.25) is 9.36 Å². The van der Waals surface area contributed by atoms with Gasteiger partial charge in [0.1, 0.15) is 5.82 Å². The van der Waals surface area contributed by atoms with Crippen molar-refractivity contribution in [2.75, 3.05) is 11.1 Å². The van der Waals surface area contributed by atoms with Crippen LogP contribution in [-0.2, 0) is 10.2 Å². The molecule has 6 nitrogen and oxygen atoms in total. The highest BCUT2D eigenvalue weighted by atomic mass is 32.2. The Kier molecular flexibility index (Phi) is 7.63. The van der Waals surface area contributed by atoms with Crippen LogP contribution in [-0.4, -0.2) is 31.4 Å². The lowest BCUT2D eigenvalue weighted by Crippen LogP contribution is -2.14. The summed E-state index contributed by atoms with van der Waals surface area (Å²) < 4.78 is 15.2. The second-order valence-corrected chi connectivity index (χ2v) is 11.9. The molecular formula is C30H28FN5OS2. The lowest BCUT2D eigenvalue weighted by molar-refractivity contribution is -0.113. The van der Waals surface area contributed by atoms with Crippen molar-refractivity contribution in [1.82, 2.24) is 19.7 Å². The minimum atomic E-state index is -0.303. The van der Waals surface area contributed by atoms with E-state index in [4.69, 9.17) is 0 Å². The number of amides is 1. The third-order valence-corrected chi connectivity index (χ3v) is 7.91. The van der Waals surface area contributed by atoms with Gasteiger partial charge in [-0.25, -0.2) is 9.37 Å². The van der Waals surface area contributed by atoms with Gasteiger partial charge in [-0.15, -0.1) is 21.5 Å². The molecule has 5 rings (SSSR count). The Morgan fingerprint density at radius 2 is 1.67 bits per heavy atom. The lowest BCUT2D eigenvalue weighted by atomic mass is 9.87.